The largest absolute Gasteiger partial charge is 0.341 e. The Morgan fingerprint density at radius 3 is 2.52 bits per heavy atom. The summed E-state index contributed by atoms with van der Waals surface area (Å²) in [5.41, 5.74) is 2.13. The molecule has 0 spiro atoms. The standard InChI is InChI=1S/C22H27ClN2O3S/c1-16-6-10-20(11-7-16)29(27,28)25(21-13-19(23)9-8-18(21)3)15-22(26)24-12-4-5-17(2)14-24/h6-11,13,17H,4-5,12,14-15H2,1-3H3/t17-/m0/s1. The van der Waals surface area contributed by atoms with E-state index in [0.29, 0.717) is 29.7 Å². The third-order valence-electron chi connectivity index (χ3n) is 5.34. The molecule has 0 aliphatic carbocycles. The quantitative estimate of drug-likeness (QED) is 0.700. The van der Waals surface area contributed by atoms with Crippen molar-refractivity contribution in [3.05, 3.63) is 58.6 Å². The number of halogens is 1. The van der Waals surface area contributed by atoms with E-state index in [0.717, 1.165) is 24.0 Å². The smallest absolute Gasteiger partial charge is 0.264 e. The zero-order valence-corrected chi connectivity index (χ0v) is 18.6. The lowest BCUT2D eigenvalue weighted by Gasteiger charge is -2.33. The summed E-state index contributed by atoms with van der Waals surface area (Å²) in [7, 11) is -3.93. The Bertz CT molecular complexity index is 990. The summed E-state index contributed by atoms with van der Waals surface area (Å²) < 4.78 is 28.2. The minimum absolute atomic E-state index is 0.155. The molecule has 1 aliphatic rings. The molecule has 29 heavy (non-hydrogen) atoms. The molecule has 1 amide bonds. The average molecular weight is 435 g/mol. The highest BCUT2D eigenvalue weighted by Gasteiger charge is 2.31. The van der Waals surface area contributed by atoms with Gasteiger partial charge in [0.1, 0.15) is 6.54 Å². The maximum Gasteiger partial charge on any atom is 0.264 e. The fourth-order valence-corrected chi connectivity index (χ4v) is 5.26. The van der Waals surface area contributed by atoms with E-state index in [2.05, 4.69) is 6.92 Å². The maximum absolute atomic E-state index is 13.5. The summed E-state index contributed by atoms with van der Waals surface area (Å²) >= 11 is 6.17. The second-order valence-corrected chi connectivity index (χ2v) is 10.1. The van der Waals surface area contributed by atoms with Crippen LogP contribution in [-0.2, 0) is 14.8 Å². The van der Waals surface area contributed by atoms with E-state index in [1.165, 1.54) is 4.31 Å². The Balaban J connectivity index is 2.01. The van der Waals surface area contributed by atoms with Gasteiger partial charge in [-0.1, -0.05) is 42.3 Å². The van der Waals surface area contributed by atoms with Gasteiger partial charge in [0.05, 0.1) is 10.6 Å². The van der Waals surface area contributed by atoms with Gasteiger partial charge < -0.3 is 4.90 Å². The van der Waals surface area contributed by atoms with Gasteiger partial charge in [-0.3, -0.25) is 9.10 Å². The molecule has 156 valence electrons. The molecule has 2 aromatic rings. The molecule has 0 N–H and O–H groups in total. The number of likely N-dealkylation sites (tertiary alicyclic amines) is 1. The van der Waals surface area contributed by atoms with Gasteiger partial charge in [0.15, 0.2) is 0 Å². The second-order valence-electron chi connectivity index (χ2n) is 7.84. The number of benzene rings is 2. The van der Waals surface area contributed by atoms with Crippen LogP contribution in [0.3, 0.4) is 0 Å². The number of piperidine rings is 1. The highest BCUT2D eigenvalue weighted by atomic mass is 35.5. The van der Waals surface area contributed by atoms with Crippen molar-refractivity contribution in [2.45, 2.75) is 38.5 Å². The van der Waals surface area contributed by atoms with Crippen molar-refractivity contribution in [1.29, 1.82) is 0 Å². The average Bonchev–Trinajstić information content (AvgIpc) is 2.68. The Kier molecular flexibility index (Phi) is 6.54. The molecule has 1 heterocycles. The van der Waals surface area contributed by atoms with Crippen LogP contribution in [0, 0.1) is 19.8 Å². The van der Waals surface area contributed by atoms with Gasteiger partial charge in [0.25, 0.3) is 10.0 Å². The van der Waals surface area contributed by atoms with Crippen molar-refractivity contribution < 1.29 is 13.2 Å². The van der Waals surface area contributed by atoms with Crippen LogP contribution in [0.1, 0.15) is 30.9 Å². The maximum atomic E-state index is 13.5. The van der Waals surface area contributed by atoms with Crippen molar-refractivity contribution in [3.8, 4) is 0 Å². The van der Waals surface area contributed by atoms with Crippen LogP contribution in [0.2, 0.25) is 5.02 Å². The summed E-state index contributed by atoms with van der Waals surface area (Å²) in [4.78, 5) is 15.0. The SMILES string of the molecule is Cc1ccc(S(=O)(=O)N(CC(=O)N2CCC[C@H](C)C2)c2cc(Cl)ccc2C)cc1. The van der Waals surface area contributed by atoms with E-state index < -0.39 is 10.0 Å². The first-order chi connectivity index (χ1) is 13.7. The van der Waals surface area contributed by atoms with Crippen molar-refractivity contribution in [2.75, 3.05) is 23.9 Å². The van der Waals surface area contributed by atoms with Gasteiger partial charge in [-0.2, -0.15) is 0 Å². The van der Waals surface area contributed by atoms with E-state index >= 15 is 0 Å². The third kappa shape index (κ3) is 4.93. The van der Waals surface area contributed by atoms with Gasteiger partial charge in [-0.25, -0.2) is 8.42 Å². The summed E-state index contributed by atoms with van der Waals surface area (Å²) in [6, 6.07) is 11.7. The summed E-state index contributed by atoms with van der Waals surface area (Å²) in [6.45, 7) is 6.90. The molecule has 0 bridgehead atoms. The minimum atomic E-state index is -3.93. The fraction of sp³-hybridized carbons (Fsp3) is 0.409. The molecule has 1 fully saturated rings. The highest BCUT2D eigenvalue weighted by molar-refractivity contribution is 7.92. The van der Waals surface area contributed by atoms with Gasteiger partial charge in [-0.05, 0) is 62.4 Å². The topological polar surface area (TPSA) is 57.7 Å². The molecule has 0 aromatic heterocycles. The van der Waals surface area contributed by atoms with Crippen molar-refractivity contribution in [3.63, 3.8) is 0 Å². The normalized spacial score (nSPS) is 17.2. The van der Waals surface area contributed by atoms with Crippen molar-refractivity contribution in [2.24, 2.45) is 5.92 Å². The predicted octanol–water partition coefficient (Wildman–Crippen LogP) is 4.41. The van der Waals surface area contributed by atoms with E-state index in [1.54, 1.807) is 47.4 Å². The third-order valence-corrected chi connectivity index (χ3v) is 7.35. The number of nitrogens with zero attached hydrogens (tertiary/aromatic N) is 2. The lowest BCUT2D eigenvalue weighted by Crippen LogP contribution is -2.46. The number of hydrogen-bond donors (Lipinski definition) is 0. The van der Waals surface area contributed by atoms with E-state index in [4.69, 9.17) is 11.6 Å². The number of hydrogen-bond acceptors (Lipinski definition) is 3. The van der Waals surface area contributed by atoms with Crippen LogP contribution in [0.5, 0.6) is 0 Å². The van der Waals surface area contributed by atoms with Gasteiger partial charge in [0, 0.05) is 18.1 Å². The molecule has 0 radical (unpaired) electrons. The van der Waals surface area contributed by atoms with Crippen LogP contribution in [0.15, 0.2) is 47.4 Å². The van der Waals surface area contributed by atoms with Crippen LogP contribution >= 0.6 is 11.6 Å². The van der Waals surface area contributed by atoms with Gasteiger partial charge >= 0.3 is 0 Å². The predicted molar refractivity (Wildman–Crippen MR) is 117 cm³/mol. The van der Waals surface area contributed by atoms with Crippen LogP contribution in [0.25, 0.3) is 0 Å². The minimum Gasteiger partial charge on any atom is -0.341 e. The highest BCUT2D eigenvalue weighted by Crippen LogP contribution is 2.30. The summed E-state index contributed by atoms with van der Waals surface area (Å²) in [6.07, 6.45) is 2.02. The number of carbonyl (C=O) groups excluding carboxylic acids is 1. The Morgan fingerprint density at radius 1 is 1.17 bits per heavy atom. The summed E-state index contributed by atoms with van der Waals surface area (Å²) in [5, 5.41) is 0.425. The number of anilines is 1. The lowest BCUT2D eigenvalue weighted by molar-refractivity contribution is -0.131. The first-order valence-corrected chi connectivity index (χ1v) is 11.6. The fourth-order valence-electron chi connectivity index (χ4n) is 3.63. The molecule has 2 aromatic carbocycles. The van der Waals surface area contributed by atoms with Crippen molar-refractivity contribution in [1.82, 2.24) is 4.90 Å². The second kappa shape index (κ2) is 8.76. The molecular formula is C22H27ClN2O3S. The van der Waals surface area contributed by atoms with Crippen LogP contribution in [0.4, 0.5) is 5.69 Å². The molecule has 0 unspecified atom stereocenters. The van der Waals surface area contributed by atoms with E-state index in [1.807, 2.05) is 13.8 Å². The first-order valence-electron chi connectivity index (χ1n) is 9.82. The molecule has 1 saturated heterocycles. The molecule has 1 atom stereocenters. The Labute approximate surface area is 178 Å². The first kappa shape index (κ1) is 21.7. The van der Waals surface area contributed by atoms with Gasteiger partial charge in [-0.15, -0.1) is 0 Å². The molecular weight excluding hydrogens is 408 g/mol. The van der Waals surface area contributed by atoms with Crippen LogP contribution in [-0.4, -0.2) is 38.9 Å². The summed E-state index contributed by atoms with van der Waals surface area (Å²) in [5.74, 6) is 0.231. The number of rotatable bonds is 5. The number of carbonyl (C=O) groups is 1. The number of sulfonamides is 1. The zero-order chi connectivity index (χ0) is 21.2. The monoisotopic (exact) mass is 434 g/mol. The van der Waals surface area contributed by atoms with E-state index in [9.17, 15) is 13.2 Å². The number of amides is 1. The number of aryl methyl sites for hydroxylation is 2. The van der Waals surface area contributed by atoms with Gasteiger partial charge in [0.2, 0.25) is 5.91 Å². The van der Waals surface area contributed by atoms with Crippen LogP contribution < -0.4 is 4.31 Å². The molecule has 1 aliphatic heterocycles. The Hall–Kier alpha value is -2.05. The molecule has 0 saturated carbocycles. The zero-order valence-electron chi connectivity index (χ0n) is 17.1. The van der Waals surface area contributed by atoms with E-state index in [-0.39, 0.29) is 17.3 Å². The molecule has 3 rings (SSSR count). The molecule has 5 nitrogen and oxygen atoms in total. The Morgan fingerprint density at radius 2 is 1.86 bits per heavy atom. The molecule has 7 heteroatoms. The van der Waals surface area contributed by atoms with Crippen molar-refractivity contribution >= 4 is 33.2 Å². The lowest BCUT2D eigenvalue weighted by atomic mass is 10.0.